The second kappa shape index (κ2) is 9.55. The van der Waals surface area contributed by atoms with E-state index in [1.54, 1.807) is 0 Å². The van der Waals surface area contributed by atoms with Crippen LogP contribution in [0.2, 0.25) is 0 Å². The highest BCUT2D eigenvalue weighted by molar-refractivity contribution is 5.97. The zero-order chi connectivity index (χ0) is 21.6. The number of nitrogens with one attached hydrogen (secondary N) is 1. The number of carbonyl (C=O) groups excluding carboxylic acids is 1. The number of hydrogen-bond acceptors (Lipinski definition) is 5. The van der Waals surface area contributed by atoms with Crippen molar-refractivity contribution in [2.24, 2.45) is 18.5 Å². The van der Waals surface area contributed by atoms with Crippen LogP contribution in [0.15, 0.2) is 54.0 Å². The Balaban J connectivity index is 3.53. The van der Waals surface area contributed by atoms with Crippen molar-refractivity contribution < 1.29 is 4.79 Å². The lowest BCUT2D eigenvalue weighted by atomic mass is 10.0. The average Bonchev–Trinajstić information content (AvgIpc) is 3.00. The lowest BCUT2D eigenvalue weighted by molar-refractivity contribution is -0.114. The first-order chi connectivity index (χ1) is 13.0. The highest BCUT2D eigenvalue weighted by Gasteiger charge is 2.16. The van der Waals surface area contributed by atoms with E-state index in [2.05, 4.69) is 13.2 Å². The predicted molar refractivity (Wildman–Crippen MR) is 116 cm³/mol. The van der Waals surface area contributed by atoms with Gasteiger partial charge in [-0.05, 0) is 25.0 Å². The number of aryl methyl sites for hydroxylation is 1. The summed E-state index contributed by atoms with van der Waals surface area (Å²) >= 11 is 0. The van der Waals surface area contributed by atoms with Crippen molar-refractivity contribution in [2.75, 3.05) is 14.1 Å². The first-order valence-electron chi connectivity index (χ1n) is 8.81. The molecule has 7 nitrogen and oxygen atoms in total. The minimum atomic E-state index is -0.666. The molecule has 0 aliphatic rings. The Morgan fingerprint density at radius 3 is 2.43 bits per heavy atom. The Morgan fingerprint density at radius 1 is 1.36 bits per heavy atom. The van der Waals surface area contributed by atoms with Gasteiger partial charge in [-0.15, -0.1) is 0 Å². The van der Waals surface area contributed by atoms with Crippen LogP contribution in [-0.4, -0.2) is 40.7 Å². The largest absolute Gasteiger partial charge is 0.398 e. The number of carbonyl (C=O) groups is 1. The van der Waals surface area contributed by atoms with Gasteiger partial charge in [-0.1, -0.05) is 20.1 Å². The molecule has 0 aliphatic carbocycles. The lowest BCUT2D eigenvalue weighted by Gasteiger charge is -2.11. The summed E-state index contributed by atoms with van der Waals surface area (Å²) in [6, 6.07) is 0. The number of primary amides is 1. The summed E-state index contributed by atoms with van der Waals surface area (Å²) < 4.78 is 1.87. The molecule has 0 atom stereocenters. The second-order valence-corrected chi connectivity index (χ2v) is 6.70. The molecule has 1 rings (SSSR count). The smallest absolute Gasteiger partial charge is 0.248 e. The SMILES string of the molecule is C=C(/C=C(N)\C(C=N)=C(/C)c1nc(/C(=C/N(C)C)C(=C)CC)cn1C)C(N)=O. The molecule has 0 saturated heterocycles. The molecule has 0 aliphatic heterocycles. The van der Waals surface area contributed by atoms with Gasteiger partial charge in [0.2, 0.25) is 5.91 Å². The fraction of sp³-hybridized carbons (Fsp3) is 0.286. The van der Waals surface area contributed by atoms with E-state index in [0.717, 1.165) is 29.5 Å². The van der Waals surface area contributed by atoms with E-state index in [1.807, 2.05) is 56.9 Å². The van der Waals surface area contributed by atoms with Gasteiger partial charge in [0.1, 0.15) is 5.82 Å². The summed E-state index contributed by atoms with van der Waals surface area (Å²) in [6.07, 6.45) is 7.20. The van der Waals surface area contributed by atoms with Gasteiger partial charge in [0.25, 0.3) is 0 Å². The Hall–Kier alpha value is -3.35. The Bertz CT molecular complexity index is 896. The predicted octanol–water partition coefficient (Wildman–Crippen LogP) is 2.60. The maximum absolute atomic E-state index is 11.2. The highest BCUT2D eigenvalue weighted by atomic mass is 16.1. The van der Waals surface area contributed by atoms with Gasteiger partial charge in [-0.25, -0.2) is 4.98 Å². The third kappa shape index (κ3) is 5.33. The maximum atomic E-state index is 11.2. The van der Waals surface area contributed by atoms with Gasteiger partial charge in [0.05, 0.1) is 5.69 Å². The molecule has 7 heteroatoms. The first kappa shape index (κ1) is 22.7. The lowest BCUT2D eigenvalue weighted by Crippen LogP contribution is -2.14. The Labute approximate surface area is 166 Å². The number of amides is 1. The number of nitrogens with zero attached hydrogens (tertiary/aromatic N) is 3. The standard InChI is InChI=1S/C21H30N6O/c1-8-13(2)17(11-26(5)6)19-12-27(7)21(25-19)15(4)16(10-22)18(23)9-14(3)20(24)28/h9-12,22H,2-3,8,23H2,1,4-7H3,(H2,24,28)/b16-15+,17-11+,18-9+,22-10?. The molecule has 0 fully saturated rings. The minimum absolute atomic E-state index is 0.0700. The molecule has 1 aromatic heterocycles. The van der Waals surface area contributed by atoms with E-state index in [-0.39, 0.29) is 11.3 Å². The third-order valence-electron chi connectivity index (χ3n) is 4.19. The zero-order valence-electron chi connectivity index (χ0n) is 17.3. The molecule has 0 radical (unpaired) electrons. The van der Waals surface area contributed by atoms with E-state index in [1.165, 1.54) is 6.08 Å². The van der Waals surface area contributed by atoms with Crippen LogP contribution in [0.3, 0.4) is 0 Å². The molecular formula is C21H30N6O. The molecule has 5 N–H and O–H groups in total. The van der Waals surface area contributed by atoms with Crippen LogP contribution < -0.4 is 11.5 Å². The van der Waals surface area contributed by atoms with Crippen LogP contribution >= 0.6 is 0 Å². The molecule has 0 aromatic carbocycles. The Morgan fingerprint density at radius 2 is 1.96 bits per heavy atom. The van der Waals surface area contributed by atoms with E-state index in [0.29, 0.717) is 17.0 Å². The van der Waals surface area contributed by atoms with Crippen LogP contribution in [0, 0.1) is 5.41 Å². The minimum Gasteiger partial charge on any atom is -0.398 e. The molecule has 0 saturated carbocycles. The number of aromatic nitrogens is 2. The van der Waals surface area contributed by atoms with Crippen LogP contribution in [-0.2, 0) is 11.8 Å². The van der Waals surface area contributed by atoms with Crippen molar-refractivity contribution in [1.82, 2.24) is 14.5 Å². The number of imidazole rings is 1. The summed E-state index contributed by atoms with van der Waals surface area (Å²) in [7, 11) is 5.77. The Kier molecular flexibility index (Phi) is 7.74. The fourth-order valence-electron chi connectivity index (χ4n) is 2.60. The molecule has 150 valence electrons. The maximum Gasteiger partial charge on any atom is 0.248 e. The van der Waals surface area contributed by atoms with Crippen molar-refractivity contribution >= 4 is 23.3 Å². The fourth-order valence-corrected chi connectivity index (χ4v) is 2.60. The summed E-state index contributed by atoms with van der Waals surface area (Å²) in [5.41, 5.74) is 15.4. The first-order valence-corrected chi connectivity index (χ1v) is 8.81. The van der Waals surface area contributed by atoms with Gasteiger partial charge < -0.3 is 26.3 Å². The van der Waals surface area contributed by atoms with Crippen molar-refractivity contribution in [3.05, 3.63) is 65.6 Å². The van der Waals surface area contributed by atoms with Gasteiger partial charge >= 0.3 is 0 Å². The molecule has 0 unspecified atom stereocenters. The normalized spacial score (nSPS) is 13.0. The molecule has 1 heterocycles. The third-order valence-corrected chi connectivity index (χ3v) is 4.19. The number of rotatable bonds is 9. The average molecular weight is 383 g/mol. The summed E-state index contributed by atoms with van der Waals surface area (Å²) in [4.78, 5) is 17.9. The quantitative estimate of drug-likeness (QED) is 0.346. The van der Waals surface area contributed by atoms with Crippen LogP contribution in [0.4, 0.5) is 0 Å². The molecule has 28 heavy (non-hydrogen) atoms. The van der Waals surface area contributed by atoms with Gasteiger partial charge in [0, 0.05) is 67.7 Å². The van der Waals surface area contributed by atoms with E-state index in [9.17, 15) is 4.79 Å². The number of nitrogens with two attached hydrogens (primary N) is 2. The summed E-state index contributed by atoms with van der Waals surface area (Å²) in [6.45, 7) is 11.6. The molecule has 0 spiro atoms. The monoisotopic (exact) mass is 382 g/mol. The zero-order valence-corrected chi connectivity index (χ0v) is 17.3. The number of hydrogen-bond donors (Lipinski definition) is 3. The van der Waals surface area contributed by atoms with E-state index in [4.69, 9.17) is 21.9 Å². The molecule has 1 aromatic rings. The molecule has 0 bridgehead atoms. The summed E-state index contributed by atoms with van der Waals surface area (Å²) in [5.74, 6) is -0.0103. The van der Waals surface area contributed by atoms with Crippen LogP contribution in [0.5, 0.6) is 0 Å². The van der Waals surface area contributed by atoms with Crippen LogP contribution in [0.25, 0.3) is 11.1 Å². The second-order valence-electron chi connectivity index (χ2n) is 6.70. The van der Waals surface area contributed by atoms with Crippen LogP contribution in [0.1, 0.15) is 31.8 Å². The number of allylic oxidation sites excluding steroid dienone is 4. The van der Waals surface area contributed by atoms with Crippen molar-refractivity contribution in [3.63, 3.8) is 0 Å². The van der Waals surface area contributed by atoms with Gasteiger partial charge in [0.15, 0.2) is 0 Å². The van der Waals surface area contributed by atoms with E-state index >= 15 is 0 Å². The highest BCUT2D eigenvalue weighted by Crippen LogP contribution is 2.27. The molecule has 1 amide bonds. The topological polar surface area (TPSA) is 114 Å². The van der Waals surface area contributed by atoms with Crippen molar-refractivity contribution in [1.29, 1.82) is 5.41 Å². The van der Waals surface area contributed by atoms with Crippen molar-refractivity contribution in [2.45, 2.75) is 20.3 Å². The van der Waals surface area contributed by atoms with Gasteiger partial charge in [-0.3, -0.25) is 4.79 Å². The van der Waals surface area contributed by atoms with Crippen molar-refractivity contribution in [3.8, 4) is 0 Å². The van der Waals surface area contributed by atoms with E-state index < -0.39 is 5.91 Å². The molecular weight excluding hydrogens is 352 g/mol. The van der Waals surface area contributed by atoms with Gasteiger partial charge in [-0.2, -0.15) is 0 Å². The summed E-state index contributed by atoms with van der Waals surface area (Å²) in [5, 5.41) is 7.76.